The van der Waals surface area contributed by atoms with E-state index in [1.165, 1.54) is 18.7 Å². The molecule has 0 atom stereocenters. The Labute approximate surface area is 120 Å². The largest absolute Gasteiger partial charge is 0.379 e. The maximum atomic E-state index is 5.39. The standard InChI is InChI=1S/C14H25N5O/c1-17-5-3-12(4-6-17)14-16-15-13(18(14)2)11-19-7-9-20-10-8-19/h12H,3-11H2,1-2H3. The van der Waals surface area contributed by atoms with Crippen molar-refractivity contribution in [1.82, 2.24) is 24.6 Å². The molecule has 6 heteroatoms. The molecule has 0 aromatic carbocycles. The average molecular weight is 279 g/mol. The van der Waals surface area contributed by atoms with Crippen LogP contribution in [-0.4, -0.2) is 71.0 Å². The molecule has 112 valence electrons. The van der Waals surface area contributed by atoms with Crippen LogP contribution in [0.25, 0.3) is 0 Å². The van der Waals surface area contributed by atoms with Crippen molar-refractivity contribution < 1.29 is 4.74 Å². The molecule has 0 radical (unpaired) electrons. The molecule has 1 aromatic rings. The fraction of sp³-hybridized carbons (Fsp3) is 0.857. The quantitative estimate of drug-likeness (QED) is 0.804. The van der Waals surface area contributed by atoms with Crippen LogP contribution >= 0.6 is 0 Å². The lowest BCUT2D eigenvalue weighted by atomic mass is 9.96. The monoisotopic (exact) mass is 279 g/mol. The highest BCUT2D eigenvalue weighted by atomic mass is 16.5. The van der Waals surface area contributed by atoms with Crippen molar-refractivity contribution in [1.29, 1.82) is 0 Å². The molecule has 3 rings (SSSR count). The SMILES string of the molecule is CN1CCC(c2nnc(CN3CCOCC3)n2C)CC1. The number of aromatic nitrogens is 3. The predicted molar refractivity (Wildman–Crippen MR) is 76.6 cm³/mol. The summed E-state index contributed by atoms with van der Waals surface area (Å²) in [5.41, 5.74) is 0. The smallest absolute Gasteiger partial charge is 0.146 e. The van der Waals surface area contributed by atoms with Crippen LogP contribution in [0.15, 0.2) is 0 Å². The number of nitrogens with zero attached hydrogens (tertiary/aromatic N) is 5. The number of likely N-dealkylation sites (tertiary alicyclic amines) is 1. The fourth-order valence-corrected chi connectivity index (χ4v) is 3.09. The Morgan fingerprint density at radius 1 is 1.05 bits per heavy atom. The molecule has 3 heterocycles. The first-order valence-corrected chi connectivity index (χ1v) is 7.61. The zero-order valence-electron chi connectivity index (χ0n) is 12.6. The lowest BCUT2D eigenvalue weighted by Crippen LogP contribution is -2.36. The predicted octanol–water partition coefficient (Wildman–Crippen LogP) is 0.457. The second-order valence-electron chi connectivity index (χ2n) is 6.00. The summed E-state index contributed by atoms with van der Waals surface area (Å²) in [6.45, 7) is 6.87. The topological polar surface area (TPSA) is 46.4 Å². The van der Waals surface area contributed by atoms with E-state index in [2.05, 4.69) is 38.7 Å². The lowest BCUT2D eigenvalue weighted by molar-refractivity contribution is 0.0326. The van der Waals surface area contributed by atoms with Crippen LogP contribution in [-0.2, 0) is 18.3 Å². The van der Waals surface area contributed by atoms with E-state index in [1.54, 1.807) is 0 Å². The van der Waals surface area contributed by atoms with Gasteiger partial charge in [-0.05, 0) is 33.0 Å². The zero-order valence-corrected chi connectivity index (χ0v) is 12.6. The number of piperidine rings is 1. The van der Waals surface area contributed by atoms with Crippen LogP contribution in [0.4, 0.5) is 0 Å². The van der Waals surface area contributed by atoms with Gasteiger partial charge in [0.2, 0.25) is 0 Å². The van der Waals surface area contributed by atoms with Gasteiger partial charge in [-0.3, -0.25) is 4.90 Å². The minimum absolute atomic E-state index is 0.571. The highest BCUT2D eigenvalue weighted by Gasteiger charge is 2.24. The van der Waals surface area contributed by atoms with E-state index < -0.39 is 0 Å². The maximum Gasteiger partial charge on any atom is 0.146 e. The first-order chi connectivity index (χ1) is 9.74. The van der Waals surface area contributed by atoms with Gasteiger partial charge in [-0.2, -0.15) is 0 Å². The van der Waals surface area contributed by atoms with E-state index >= 15 is 0 Å². The molecule has 0 spiro atoms. The van der Waals surface area contributed by atoms with Gasteiger partial charge in [0.05, 0.1) is 19.8 Å². The van der Waals surface area contributed by atoms with Gasteiger partial charge >= 0.3 is 0 Å². The van der Waals surface area contributed by atoms with Gasteiger partial charge in [-0.1, -0.05) is 0 Å². The summed E-state index contributed by atoms with van der Waals surface area (Å²) in [5.74, 6) is 2.82. The first-order valence-electron chi connectivity index (χ1n) is 7.61. The molecular formula is C14H25N5O. The highest BCUT2D eigenvalue weighted by molar-refractivity contribution is 5.03. The number of ether oxygens (including phenoxy) is 1. The van der Waals surface area contributed by atoms with E-state index in [9.17, 15) is 0 Å². The summed E-state index contributed by atoms with van der Waals surface area (Å²) < 4.78 is 7.60. The Morgan fingerprint density at radius 3 is 2.45 bits per heavy atom. The normalized spacial score (nSPS) is 23.3. The van der Waals surface area contributed by atoms with Gasteiger partial charge in [0.25, 0.3) is 0 Å². The van der Waals surface area contributed by atoms with Gasteiger partial charge in [-0.25, -0.2) is 0 Å². The Bertz CT molecular complexity index is 433. The van der Waals surface area contributed by atoms with E-state index in [4.69, 9.17) is 4.74 Å². The highest BCUT2D eigenvalue weighted by Crippen LogP contribution is 2.26. The first kappa shape index (κ1) is 14.0. The third-order valence-electron chi connectivity index (χ3n) is 4.55. The number of hydrogen-bond donors (Lipinski definition) is 0. The van der Waals surface area contributed by atoms with Crippen LogP contribution in [0, 0.1) is 0 Å². The van der Waals surface area contributed by atoms with Crippen molar-refractivity contribution >= 4 is 0 Å². The molecule has 1 aromatic heterocycles. The summed E-state index contributed by atoms with van der Waals surface area (Å²) in [6, 6.07) is 0. The lowest BCUT2D eigenvalue weighted by Gasteiger charge is -2.28. The number of morpholine rings is 1. The molecule has 2 aliphatic heterocycles. The minimum atomic E-state index is 0.571. The maximum absolute atomic E-state index is 5.39. The van der Waals surface area contributed by atoms with Gasteiger partial charge in [-0.15, -0.1) is 10.2 Å². The third-order valence-corrected chi connectivity index (χ3v) is 4.55. The van der Waals surface area contributed by atoms with E-state index in [0.29, 0.717) is 5.92 Å². The van der Waals surface area contributed by atoms with Crippen molar-refractivity contribution in [2.75, 3.05) is 46.4 Å². The van der Waals surface area contributed by atoms with E-state index in [0.717, 1.165) is 51.8 Å². The molecule has 20 heavy (non-hydrogen) atoms. The van der Waals surface area contributed by atoms with Gasteiger partial charge in [0.1, 0.15) is 11.6 Å². The second-order valence-corrected chi connectivity index (χ2v) is 6.00. The average Bonchev–Trinajstić information content (AvgIpc) is 2.83. The Hall–Kier alpha value is -0.980. The molecule has 2 fully saturated rings. The van der Waals surface area contributed by atoms with Crippen LogP contribution in [0.2, 0.25) is 0 Å². The summed E-state index contributed by atoms with van der Waals surface area (Å²) >= 11 is 0. The zero-order chi connectivity index (χ0) is 13.9. The Balaban J connectivity index is 1.65. The summed E-state index contributed by atoms with van der Waals surface area (Å²) in [5, 5.41) is 8.89. The number of rotatable bonds is 3. The van der Waals surface area contributed by atoms with Crippen LogP contribution in [0.3, 0.4) is 0 Å². The Kier molecular flexibility index (Phi) is 4.33. The molecule has 0 aliphatic carbocycles. The Morgan fingerprint density at radius 2 is 1.75 bits per heavy atom. The van der Waals surface area contributed by atoms with E-state index in [1.807, 2.05) is 0 Å². The summed E-state index contributed by atoms with van der Waals surface area (Å²) in [4.78, 5) is 4.79. The molecule has 6 nitrogen and oxygen atoms in total. The van der Waals surface area contributed by atoms with Crippen molar-refractivity contribution in [3.63, 3.8) is 0 Å². The third kappa shape index (κ3) is 3.02. The molecule has 2 saturated heterocycles. The van der Waals surface area contributed by atoms with E-state index in [-0.39, 0.29) is 0 Å². The molecule has 0 saturated carbocycles. The van der Waals surface area contributed by atoms with Gasteiger partial charge in [0, 0.05) is 26.1 Å². The molecule has 0 bridgehead atoms. The van der Waals surface area contributed by atoms with Crippen molar-refractivity contribution in [2.45, 2.75) is 25.3 Å². The summed E-state index contributed by atoms with van der Waals surface area (Å²) in [6.07, 6.45) is 2.39. The fourth-order valence-electron chi connectivity index (χ4n) is 3.09. The molecule has 0 unspecified atom stereocenters. The second kappa shape index (κ2) is 6.20. The van der Waals surface area contributed by atoms with Crippen molar-refractivity contribution in [3.8, 4) is 0 Å². The van der Waals surface area contributed by atoms with Crippen LogP contribution < -0.4 is 0 Å². The van der Waals surface area contributed by atoms with Crippen molar-refractivity contribution in [3.05, 3.63) is 11.6 Å². The van der Waals surface area contributed by atoms with Crippen molar-refractivity contribution in [2.24, 2.45) is 7.05 Å². The van der Waals surface area contributed by atoms with Gasteiger partial charge in [0.15, 0.2) is 0 Å². The van der Waals surface area contributed by atoms with Crippen LogP contribution in [0.5, 0.6) is 0 Å². The minimum Gasteiger partial charge on any atom is -0.379 e. The molecule has 0 amide bonds. The summed E-state index contributed by atoms with van der Waals surface area (Å²) in [7, 11) is 4.31. The molecule has 2 aliphatic rings. The molecule has 0 N–H and O–H groups in total. The molecular weight excluding hydrogens is 254 g/mol. The van der Waals surface area contributed by atoms with Gasteiger partial charge < -0.3 is 14.2 Å². The number of hydrogen-bond acceptors (Lipinski definition) is 5. The van der Waals surface area contributed by atoms with Crippen LogP contribution in [0.1, 0.15) is 30.4 Å².